The van der Waals surface area contributed by atoms with Gasteiger partial charge in [0.2, 0.25) is 0 Å². The summed E-state index contributed by atoms with van der Waals surface area (Å²) in [5.41, 5.74) is 5.96. The quantitative estimate of drug-likeness (QED) is 0.610. The summed E-state index contributed by atoms with van der Waals surface area (Å²) < 4.78 is 4.78. The van der Waals surface area contributed by atoms with Crippen LogP contribution in [0.4, 0.5) is 0 Å². The highest BCUT2D eigenvalue weighted by Crippen LogP contribution is 1.93. The first-order valence-electron chi connectivity index (χ1n) is 3.75. The number of rotatable bonds is 4. The van der Waals surface area contributed by atoms with E-state index in [1.807, 2.05) is 13.8 Å². The van der Waals surface area contributed by atoms with Crippen molar-refractivity contribution in [2.75, 3.05) is 13.7 Å². The van der Waals surface area contributed by atoms with E-state index in [1.165, 1.54) is 12.4 Å². The lowest BCUT2D eigenvalue weighted by Gasteiger charge is -1.96. The van der Waals surface area contributed by atoms with Gasteiger partial charge in [0.15, 0.2) is 0 Å². The van der Waals surface area contributed by atoms with Gasteiger partial charge in [0, 0.05) is 13.3 Å². The minimum absolute atomic E-state index is 0.623. The van der Waals surface area contributed by atoms with Crippen LogP contribution in [-0.4, -0.2) is 19.9 Å². The van der Waals surface area contributed by atoms with Crippen molar-refractivity contribution in [2.24, 2.45) is 5.73 Å². The first-order valence-corrected chi connectivity index (χ1v) is 3.75. The van der Waals surface area contributed by atoms with Crippen molar-refractivity contribution in [2.45, 2.75) is 20.3 Å². The molecule has 3 heteroatoms. The molecular weight excluding hydrogens is 140 g/mol. The second-order valence-corrected chi connectivity index (χ2v) is 1.63. The van der Waals surface area contributed by atoms with E-state index in [0.29, 0.717) is 6.61 Å². The van der Waals surface area contributed by atoms with Crippen LogP contribution in [0.5, 0.6) is 0 Å². The summed E-state index contributed by atoms with van der Waals surface area (Å²) in [7, 11) is 1.62. The van der Waals surface area contributed by atoms with E-state index >= 15 is 0 Å². The van der Waals surface area contributed by atoms with Gasteiger partial charge in [-0.3, -0.25) is 0 Å². The predicted octanol–water partition coefficient (Wildman–Crippen LogP) is 1.54. The molecule has 0 atom stereocenters. The van der Waals surface area contributed by atoms with Crippen LogP contribution in [0.1, 0.15) is 20.3 Å². The third kappa shape index (κ3) is 9.17. The summed E-state index contributed by atoms with van der Waals surface area (Å²) >= 11 is 0. The predicted molar refractivity (Wildman–Crippen MR) is 48.9 cm³/mol. The third-order valence-corrected chi connectivity index (χ3v) is 0.994. The van der Waals surface area contributed by atoms with Gasteiger partial charge >= 0.3 is 0 Å². The van der Waals surface area contributed by atoms with Gasteiger partial charge in [-0.15, -0.1) is 0 Å². The summed E-state index contributed by atoms with van der Waals surface area (Å²) in [6, 6.07) is 0. The number of nitrogens with two attached hydrogens (primary N) is 1. The molecule has 0 saturated heterocycles. The molecule has 0 aliphatic rings. The maximum Gasteiger partial charge on any atom is 0.0503 e. The molecule has 0 saturated carbocycles. The molecule has 3 nitrogen and oxygen atoms in total. The van der Waals surface area contributed by atoms with Crippen LogP contribution in [-0.2, 0) is 4.74 Å². The molecule has 0 rings (SSSR count). The van der Waals surface area contributed by atoms with E-state index in [4.69, 9.17) is 15.9 Å². The van der Waals surface area contributed by atoms with Crippen LogP contribution in [0, 0.1) is 5.41 Å². The van der Waals surface area contributed by atoms with Crippen molar-refractivity contribution in [3.8, 4) is 0 Å². The van der Waals surface area contributed by atoms with E-state index in [-0.39, 0.29) is 0 Å². The van der Waals surface area contributed by atoms with E-state index < -0.39 is 0 Å². The molecule has 66 valence electrons. The number of ether oxygens (including phenoxy) is 1. The van der Waals surface area contributed by atoms with Gasteiger partial charge in [-0.1, -0.05) is 13.8 Å². The summed E-state index contributed by atoms with van der Waals surface area (Å²) in [5, 5.41) is 6.81. The van der Waals surface area contributed by atoms with Crippen molar-refractivity contribution >= 4 is 6.21 Å². The van der Waals surface area contributed by atoms with Crippen LogP contribution >= 0.6 is 0 Å². The molecule has 0 amide bonds. The van der Waals surface area contributed by atoms with Gasteiger partial charge in [-0.05, 0) is 18.2 Å². The molecule has 0 aromatic carbocycles. The Morgan fingerprint density at radius 2 is 2.09 bits per heavy atom. The summed E-state index contributed by atoms with van der Waals surface area (Å²) in [4.78, 5) is 0. The Kier molecular flexibility index (Phi) is 13.9. The lowest BCUT2D eigenvalue weighted by Crippen LogP contribution is -1.95. The minimum atomic E-state index is 0.623. The third-order valence-electron chi connectivity index (χ3n) is 0.994. The van der Waals surface area contributed by atoms with Crippen LogP contribution in [0.2, 0.25) is 0 Å². The van der Waals surface area contributed by atoms with Crippen LogP contribution < -0.4 is 5.73 Å². The molecule has 0 aromatic heterocycles. The topological polar surface area (TPSA) is 59.1 Å². The monoisotopic (exact) mass is 158 g/mol. The summed E-state index contributed by atoms with van der Waals surface area (Å²) in [6.45, 7) is 4.62. The smallest absolute Gasteiger partial charge is 0.0503 e. The summed E-state index contributed by atoms with van der Waals surface area (Å²) in [6.07, 6.45) is 3.38. The number of nitrogens with one attached hydrogen (secondary N) is 1. The first-order chi connectivity index (χ1) is 5.35. The van der Waals surface area contributed by atoms with E-state index in [1.54, 1.807) is 7.11 Å². The van der Waals surface area contributed by atoms with Gasteiger partial charge in [0.25, 0.3) is 0 Å². The number of hydrogen-bond donors (Lipinski definition) is 2. The molecule has 3 N–H and O–H groups in total. The highest BCUT2D eigenvalue weighted by molar-refractivity contribution is 5.75. The Morgan fingerprint density at radius 1 is 1.55 bits per heavy atom. The maximum atomic E-state index is 6.81. The fraction of sp³-hybridized carbons (Fsp3) is 0.625. The van der Waals surface area contributed by atoms with Crippen LogP contribution in [0.3, 0.4) is 0 Å². The number of methoxy groups -OCH3 is 1. The fourth-order valence-electron chi connectivity index (χ4n) is 0.424. The Balaban J connectivity index is 0. The zero-order valence-electron chi connectivity index (χ0n) is 7.55. The number of hydrogen-bond acceptors (Lipinski definition) is 3. The van der Waals surface area contributed by atoms with E-state index in [2.05, 4.69) is 0 Å². The van der Waals surface area contributed by atoms with E-state index in [0.717, 1.165) is 12.0 Å². The molecule has 0 aromatic rings. The molecule has 0 bridgehead atoms. The Labute approximate surface area is 68.7 Å². The van der Waals surface area contributed by atoms with Crippen molar-refractivity contribution < 1.29 is 4.74 Å². The second-order valence-electron chi connectivity index (χ2n) is 1.63. The van der Waals surface area contributed by atoms with Crippen LogP contribution in [0.25, 0.3) is 0 Å². The van der Waals surface area contributed by atoms with Gasteiger partial charge in [0.05, 0.1) is 6.61 Å². The molecule has 11 heavy (non-hydrogen) atoms. The zero-order chi connectivity index (χ0) is 9.11. The average molecular weight is 158 g/mol. The molecule has 0 heterocycles. The zero-order valence-corrected chi connectivity index (χ0v) is 7.55. The molecule has 0 radical (unpaired) electrons. The fourth-order valence-corrected chi connectivity index (χ4v) is 0.424. The SMILES string of the molecule is CC.COCC/C(C=N)=C/N. The molecule has 0 fully saturated rings. The minimum Gasteiger partial charge on any atom is -0.404 e. The molecule has 0 spiro atoms. The summed E-state index contributed by atoms with van der Waals surface area (Å²) in [5.74, 6) is 0. The average Bonchev–Trinajstić information content (AvgIpc) is 2.10. The largest absolute Gasteiger partial charge is 0.404 e. The van der Waals surface area contributed by atoms with Gasteiger partial charge in [0.1, 0.15) is 0 Å². The molecular formula is C8H18N2O. The molecule has 0 aliphatic heterocycles. The lowest BCUT2D eigenvalue weighted by molar-refractivity contribution is 0.203. The van der Waals surface area contributed by atoms with Crippen molar-refractivity contribution in [1.29, 1.82) is 5.41 Å². The second kappa shape index (κ2) is 11.9. The van der Waals surface area contributed by atoms with Crippen molar-refractivity contribution in [1.82, 2.24) is 0 Å². The Hall–Kier alpha value is -0.830. The molecule has 0 aliphatic carbocycles. The Morgan fingerprint density at radius 3 is 2.36 bits per heavy atom. The van der Waals surface area contributed by atoms with E-state index in [9.17, 15) is 0 Å². The van der Waals surface area contributed by atoms with Crippen LogP contribution in [0.15, 0.2) is 11.8 Å². The normalized spacial score (nSPS) is 9.91. The Bertz CT molecular complexity index is 111. The van der Waals surface area contributed by atoms with Crippen molar-refractivity contribution in [3.63, 3.8) is 0 Å². The first kappa shape index (κ1) is 12.8. The standard InChI is InChI=1S/C6H12N2O.C2H6/c1-9-3-2-6(4-7)5-8;1-2/h4-5,7H,2-3,8H2,1H3;1-2H3/b6-5-,7-4?;. The van der Waals surface area contributed by atoms with Crippen molar-refractivity contribution in [3.05, 3.63) is 11.8 Å². The highest BCUT2D eigenvalue weighted by Gasteiger charge is 1.88. The highest BCUT2D eigenvalue weighted by atomic mass is 16.5. The lowest BCUT2D eigenvalue weighted by atomic mass is 10.2. The van der Waals surface area contributed by atoms with Gasteiger partial charge in [-0.25, -0.2) is 0 Å². The maximum absolute atomic E-state index is 6.81. The van der Waals surface area contributed by atoms with Gasteiger partial charge in [-0.2, -0.15) is 0 Å². The van der Waals surface area contributed by atoms with Gasteiger partial charge < -0.3 is 15.9 Å². The molecule has 0 unspecified atom stereocenters.